The molecule has 0 saturated heterocycles. The van der Waals surface area contributed by atoms with Gasteiger partial charge in [0.1, 0.15) is 0 Å². The molecule has 1 saturated carbocycles. The van der Waals surface area contributed by atoms with Crippen LogP contribution in [0.25, 0.3) is 0 Å². The Kier molecular flexibility index (Phi) is 12.6. The van der Waals surface area contributed by atoms with Gasteiger partial charge >= 0.3 is 0 Å². The standard InChI is InChI=1S/C23H38N2O.C2H2O4/c1-3-5-7-12-16-25(17-13-8-6-4-2)22(26)23(18-21(23)19-24)20-14-10-9-11-15-20;3-1(4)2(5)6/h9-11,14-15,21H,3-8,12-13,16-19,24H2,1-2H3;(H,3,4)(H,5,6)/p-2. The fourth-order valence-electron chi connectivity index (χ4n) is 4.14. The molecule has 2 atom stereocenters. The number of unbranched alkanes of at least 4 members (excludes halogenated alkanes) is 6. The van der Waals surface area contributed by atoms with Crippen molar-refractivity contribution in [1.29, 1.82) is 0 Å². The van der Waals surface area contributed by atoms with Crippen LogP contribution in [0.2, 0.25) is 0 Å². The van der Waals surface area contributed by atoms with Crippen molar-refractivity contribution >= 4 is 17.8 Å². The molecule has 7 heteroatoms. The number of carbonyl (C=O) groups excluding carboxylic acids is 3. The van der Waals surface area contributed by atoms with E-state index in [2.05, 4.69) is 30.9 Å². The van der Waals surface area contributed by atoms with Crippen molar-refractivity contribution in [2.75, 3.05) is 19.6 Å². The monoisotopic (exact) mass is 446 g/mol. The van der Waals surface area contributed by atoms with Gasteiger partial charge in [0.2, 0.25) is 5.91 Å². The summed E-state index contributed by atoms with van der Waals surface area (Å²) in [6, 6.07) is 10.3. The topological polar surface area (TPSA) is 127 Å². The summed E-state index contributed by atoms with van der Waals surface area (Å²) in [6.45, 7) is 6.86. The van der Waals surface area contributed by atoms with Crippen LogP contribution in [0.3, 0.4) is 0 Å². The van der Waals surface area contributed by atoms with Crippen LogP contribution < -0.4 is 15.9 Å². The second-order valence-corrected chi connectivity index (χ2v) is 8.46. The lowest BCUT2D eigenvalue weighted by Gasteiger charge is -2.29. The molecular formula is C25H38N2O5-2. The maximum Gasteiger partial charge on any atom is 0.233 e. The first-order valence-corrected chi connectivity index (χ1v) is 11.8. The van der Waals surface area contributed by atoms with Crippen molar-refractivity contribution in [3.63, 3.8) is 0 Å². The highest BCUT2D eigenvalue weighted by Gasteiger charge is 2.61. The van der Waals surface area contributed by atoms with Crippen molar-refractivity contribution in [3.8, 4) is 0 Å². The molecule has 0 bridgehead atoms. The molecule has 0 heterocycles. The second-order valence-electron chi connectivity index (χ2n) is 8.46. The fraction of sp³-hybridized carbons (Fsp3) is 0.640. The number of carbonyl (C=O) groups is 3. The Bertz CT molecular complexity index is 686. The normalized spacial score (nSPS) is 18.9. The number of amides is 1. The Morgan fingerprint density at radius 1 is 0.906 bits per heavy atom. The quantitative estimate of drug-likeness (QED) is 0.360. The third kappa shape index (κ3) is 8.26. The predicted molar refractivity (Wildman–Crippen MR) is 120 cm³/mol. The van der Waals surface area contributed by atoms with E-state index in [0.717, 1.165) is 37.9 Å². The molecule has 0 aliphatic heterocycles. The van der Waals surface area contributed by atoms with Crippen molar-refractivity contribution < 1.29 is 24.6 Å². The summed E-state index contributed by atoms with van der Waals surface area (Å²) in [5.41, 5.74) is 6.80. The SMILES string of the molecule is CCCCCCN(CCCCCC)C(=O)C1(c2ccccc2)CC1CN.O=C([O-])C(=O)[O-]. The number of benzene rings is 1. The Morgan fingerprint density at radius 2 is 1.41 bits per heavy atom. The summed E-state index contributed by atoms with van der Waals surface area (Å²) >= 11 is 0. The highest BCUT2D eigenvalue weighted by Crippen LogP contribution is 2.55. The second kappa shape index (κ2) is 14.6. The van der Waals surface area contributed by atoms with Crippen molar-refractivity contribution in [2.24, 2.45) is 11.7 Å². The van der Waals surface area contributed by atoms with Crippen LogP contribution in [-0.4, -0.2) is 42.4 Å². The van der Waals surface area contributed by atoms with E-state index in [-0.39, 0.29) is 5.41 Å². The van der Waals surface area contributed by atoms with Gasteiger partial charge in [0.25, 0.3) is 0 Å². The number of hydrogen-bond acceptors (Lipinski definition) is 6. The lowest BCUT2D eigenvalue weighted by atomic mass is 9.91. The Labute approximate surface area is 192 Å². The molecule has 1 aliphatic carbocycles. The molecule has 2 N–H and O–H groups in total. The van der Waals surface area contributed by atoms with E-state index < -0.39 is 11.9 Å². The molecule has 1 aromatic carbocycles. The van der Waals surface area contributed by atoms with Crippen molar-refractivity contribution in [3.05, 3.63) is 35.9 Å². The minimum atomic E-state index is -2.19. The average Bonchev–Trinajstić information content (AvgIpc) is 3.54. The van der Waals surface area contributed by atoms with E-state index in [9.17, 15) is 4.79 Å². The smallest absolute Gasteiger partial charge is 0.233 e. The lowest BCUT2D eigenvalue weighted by molar-refractivity contribution is -0.345. The number of nitrogens with zero attached hydrogens (tertiary/aromatic N) is 1. The van der Waals surface area contributed by atoms with Crippen LogP contribution in [0.5, 0.6) is 0 Å². The first kappa shape index (κ1) is 27.6. The summed E-state index contributed by atoms with van der Waals surface area (Å²) < 4.78 is 0. The van der Waals surface area contributed by atoms with E-state index in [1.807, 2.05) is 18.2 Å². The largest absolute Gasteiger partial charge is 0.543 e. The van der Waals surface area contributed by atoms with E-state index >= 15 is 0 Å². The zero-order valence-electron chi connectivity index (χ0n) is 19.5. The molecule has 0 spiro atoms. The van der Waals surface area contributed by atoms with Gasteiger partial charge in [-0.1, -0.05) is 82.7 Å². The fourth-order valence-corrected chi connectivity index (χ4v) is 4.14. The number of aliphatic carboxylic acids is 2. The van der Waals surface area contributed by atoms with Gasteiger partial charge in [0.05, 0.1) is 17.4 Å². The number of nitrogens with two attached hydrogens (primary N) is 1. The summed E-state index contributed by atoms with van der Waals surface area (Å²) in [5.74, 6) is -3.75. The van der Waals surface area contributed by atoms with E-state index in [1.54, 1.807) is 0 Å². The van der Waals surface area contributed by atoms with Crippen LogP contribution in [-0.2, 0) is 19.8 Å². The minimum absolute atomic E-state index is 0.297. The molecule has 180 valence electrons. The van der Waals surface area contributed by atoms with Gasteiger partial charge in [-0.2, -0.15) is 0 Å². The van der Waals surface area contributed by atoms with Gasteiger partial charge in [0, 0.05) is 13.1 Å². The summed E-state index contributed by atoms with van der Waals surface area (Å²) in [6.07, 6.45) is 10.5. The summed E-state index contributed by atoms with van der Waals surface area (Å²) in [5, 5.41) is 17.9. The first-order valence-electron chi connectivity index (χ1n) is 11.8. The maximum atomic E-state index is 13.6. The Morgan fingerprint density at radius 3 is 1.78 bits per heavy atom. The minimum Gasteiger partial charge on any atom is -0.543 e. The van der Waals surface area contributed by atoms with Crippen LogP contribution in [0.15, 0.2) is 30.3 Å². The summed E-state index contributed by atoms with van der Waals surface area (Å²) in [4.78, 5) is 33.6. The number of carboxylic acid groups (broad SMARTS) is 2. The summed E-state index contributed by atoms with van der Waals surface area (Å²) in [7, 11) is 0. The van der Waals surface area contributed by atoms with Gasteiger partial charge in [-0.3, -0.25) is 4.79 Å². The zero-order valence-corrected chi connectivity index (χ0v) is 19.5. The Balaban J connectivity index is 0.000000751. The van der Waals surface area contributed by atoms with Crippen LogP contribution >= 0.6 is 0 Å². The molecule has 1 amide bonds. The van der Waals surface area contributed by atoms with Gasteiger partial charge in [0.15, 0.2) is 0 Å². The highest BCUT2D eigenvalue weighted by molar-refractivity contribution is 6.25. The van der Waals surface area contributed by atoms with Gasteiger partial charge < -0.3 is 30.4 Å². The molecule has 2 unspecified atom stereocenters. The third-order valence-electron chi connectivity index (χ3n) is 6.08. The number of rotatable bonds is 13. The van der Waals surface area contributed by atoms with Crippen molar-refractivity contribution in [1.82, 2.24) is 4.90 Å². The molecule has 7 nitrogen and oxygen atoms in total. The zero-order chi connectivity index (χ0) is 24.0. The maximum absolute atomic E-state index is 13.6. The first-order chi connectivity index (χ1) is 15.3. The van der Waals surface area contributed by atoms with Gasteiger partial charge in [-0.15, -0.1) is 0 Å². The van der Waals surface area contributed by atoms with E-state index in [1.165, 1.54) is 38.5 Å². The molecule has 0 radical (unpaired) electrons. The van der Waals surface area contributed by atoms with Gasteiger partial charge in [-0.05, 0) is 37.3 Å². The van der Waals surface area contributed by atoms with Gasteiger partial charge in [-0.25, -0.2) is 0 Å². The Hall–Kier alpha value is -2.41. The number of hydrogen-bond donors (Lipinski definition) is 1. The van der Waals surface area contributed by atoms with Crippen LogP contribution in [0.1, 0.15) is 77.2 Å². The molecular weight excluding hydrogens is 408 g/mol. The van der Waals surface area contributed by atoms with Crippen LogP contribution in [0.4, 0.5) is 0 Å². The van der Waals surface area contributed by atoms with E-state index in [0.29, 0.717) is 18.4 Å². The molecule has 1 aliphatic rings. The highest BCUT2D eigenvalue weighted by atomic mass is 16.4. The molecule has 1 aromatic rings. The van der Waals surface area contributed by atoms with E-state index in [4.69, 9.17) is 25.5 Å². The molecule has 0 aromatic heterocycles. The molecule has 1 fully saturated rings. The lowest BCUT2D eigenvalue weighted by Crippen LogP contribution is -2.42. The third-order valence-corrected chi connectivity index (χ3v) is 6.08. The van der Waals surface area contributed by atoms with Crippen LogP contribution in [0, 0.1) is 5.92 Å². The van der Waals surface area contributed by atoms with Crippen molar-refractivity contribution in [2.45, 2.75) is 77.0 Å². The average molecular weight is 447 g/mol. The molecule has 32 heavy (non-hydrogen) atoms. The predicted octanol–water partition coefficient (Wildman–Crippen LogP) is 1.38. The molecule has 2 rings (SSSR count). The number of carboxylic acids is 2.